The number of hydrogen-bond donors (Lipinski definition) is 1. The molecular weight excluding hydrogens is 244 g/mol. The maximum absolute atomic E-state index is 11.1. The zero-order valence-corrected chi connectivity index (χ0v) is 11.0. The van der Waals surface area contributed by atoms with Crippen LogP contribution in [0.3, 0.4) is 0 Å². The molecule has 0 bridgehead atoms. The van der Waals surface area contributed by atoms with Crippen molar-refractivity contribution in [1.82, 2.24) is 0 Å². The minimum Gasteiger partial charge on any atom is -0.321 e. The van der Waals surface area contributed by atoms with Crippen molar-refractivity contribution in [2.45, 2.75) is 44.9 Å². The molecule has 1 fully saturated rings. The number of benzene rings is 1. The molecule has 0 atom stereocenters. The lowest BCUT2D eigenvalue weighted by atomic mass is 9.84. The quantitative estimate of drug-likeness (QED) is 0.668. The highest BCUT2D eigenvalue weighted by atomic mass is 16.6. The van der Waals surface area contributed by atoms with Crippen molar-refractivity contribution >= 4 is 17.3 Å². The second-order valence-corrected chi connectivity index (χ2v) is 5.05. The average molecular weight is 262 g/mol. The van der Waals surface area contributed by atoms with Gasteiger partial charge in [0.05, 0.1) is 4.92 Å². The third-order valence-electron chi connectivity index (χ3n) is 3.61. The van der Waals surface area contributed by atoms with E-state index in [4.69, 9.17) is 0 Å². The van der Waals surface area contributed by atoms with Gasteiger partial charge in [-0.2, -0.15) is 0 Å². The second kappa shape index (κ2) is 5.82. The molecule has 1 amide bonds. The summed E-state index contributed by atoms with van der Waals surface area (Å²) in [5, 5.41) is 13.6. The van der Waals surface area contributed by atoms with Crippen molar-refractivity contribution in [2.75, 3.05) is 5.32 Å². The van der Waals surface area contributed by atoms with Gasteiger partial charge in [0.25, 0.3) is 5.69 Å². The van der Waals surface area contributed by atoms with Crippen molar-refractivity contribution in [3.05, 3.63) is 33.9 Å². The SMILES string of the molecule is CC(=O)Nc1ccc(C2CCCCC2)cc1[N+](=O)[O-]. The lowest BCUT2D eigenvalue weighted by molar-refractivity contribution is -0.384. The summed E-state index contributed by atoms with van der Waals surface area (Å²) in [6.45, 7) is 1.35. The molecule has 0 spiro atoms. The lowest BCUT2D eigenvalue weighted by Crippen LogP contribution is -2.10. The highest BCUT2D eigenvalue weighted by molar-refractivity contribution is 5.91. The molecule has 0 aromatic heterocycles. The van der Waals surface area contributed by atoms with Crippen LogP contribution in [-0.4, -0.2) is 10.8 Å². The Morgan fingerprint density at radius 2 is 2.00 bits per heavy atom. The third kappa shape index (κ3) is 3.30. The summed E-state index contributed by atoms with van der Waals surface area (Å²) >= 11 is 0. The van der Waals surface area contributed by atoms with Gasteiger partial charge in [0.1, 0.15) is 5.69 Å². The number of carbonyl (C=O) groups excluding carboxylic acids is 1. The number of carbonyl (C=O) groups is 1. The van der Waals surface area contributed by atoms with Crippen molar-refractivity contribution in [3.63, 3.8) is 0 Å². The zero-order chi connectivity index (χ0) is 13.8. The number of amides is 1. The molecule has 5 heteroatoms. The van der Waals surface area contributed by atoms with Gasteiger partial charge in [0, 0.05) is 13.0 Å². The van der Waals surface area contributed by atoms with Crippen molar-refractivity contribution in [2.24, 2.45) is 0 Å². The number of hydrogen-bond acceptors (Lipinski definition) is 3. The molecule has 0 unspecified atom stereocenters. The monoisotopic (exact) mass is 262 g/mol. The smallest absolute Gasteiger partial charge is 0.293 e. The van der Waals surface area contributed by atoms with Gasteiger partial charge >= 0.3 is 0 Å². The van der Waals surface area contributed by atoms with E-state index in [1.54, 1.807) is 12.1 Å². The van der Waals surface area contributed by atoms with Crippen LogP contribution in [0.15, 0.2) is 18.2 Å². The first-order valence-electron chi connectivity index (χ1n) is 6.64. The minimum absolute atomic E-state index is 0.0155. The Kier molecular flexibility index (Phi) is 4.14. The first-order chi connectivity index (χ1) is 9.08. The van der Waals surface area contributed by atoms with Crippen LogP contribution in [-0.2, 0) is 4.79 Å². The fraction of sp³-hybridized carbons (Fsp3) is 0.500. The summed E-state index contributed by atoms with van der Waals surface area (Å²) in [6, 6.07) is 5.15. The predicted octanol–water partition coefficient (Wildman–Crippen LogP) is 3.60. The third-order valence-corrected chi connectivity index (χ3v) is 3.61. The first-order valence-corrected chi connectivity index (χ1v) is 6.64. The molecule has 1 aromatic rings. The molecule has 1 N–H and O–H groups in total. The molecule has 0 radical (unpaired) electrons. The van der Waals surface area contributed by atoms with E-state index < -0.39 is 4.92 Å². The maximum atomic E-state index is 11.1. The van der Waals surface area contributed by atoms with Crippen LogP contribution < -0.4 is 5.32 Å². The predicted molar refractivity (Wildman–Crippen MR) is 73.2 cm³/mol. The number of nitrogens with one attached hydrogen (secondary N) is 1. The molecule has 0 aliphatic heterocycles. The topological polar surface area (TPSA) is 72.2 Å². The molecule has 1 aliphatic rings. The lowest BCUT2D eigenvalue weighted by Gasteiger charge is -2.22. The Balaban J connectivity index is 2.29. The first kappa shape index (κ1) is 13.5. The van der Waals surface area contributed by atoms with Crippen LogP contribution in [0.25, 0.3) is 0 Å². The van der Waals surface area contributed by atoms with Crippen LogP contribution in [0.5, 0.6) is 0 Å². The maximum Gasteiger partial charge on any atom is 0.293 e. The Morgan fingerprint density at radius 3 is 2.58 bits per heavy atom. The number of anilines is 1. The van der Waals surface area contributed by atoms with Crippen molar-refractivity contribution in [3.8, 4) is 0 Å². The molecule has 0 heterocycles. The summed E-state index contributed by atoms with van der Waals surface area (Å²) in [7, 11) is 0. The van der Waals surface area contributed by atoms with Crippen LogP contribution in [0.4, 0.5) is 11.4 Å². The van der Waals surface area contributed by atoms with Crippen LogP contribution in [0, 0.1) is 10.1 Å². The van der Waals surface area contributed by atoms with E-state index >= 15 is 0 Å². The van der Waals surface area contributed by atoms with E-state index in [2.05, 4.69) is 5.32 Å². The van der Waals surface area contributed by atoms with Gasteiger partial charge in [-0.25, -0.2) is 0 Å². The molecule has 19 heavy (non-hydrogen) atoms. The fourth-order valence-corrected chi connectivity index (χ4v) is 2.68. The molecule has 1 aliphatic carbocycles. The highest BCUT2D eigenvalue weighted by Crippen LogP contribution is 2.36. The van der Waals surface area contributed by atoms with Gasteiger partial charge in [-0.1, -0.05) is 25.3 Å². The molecule has 2 rings (SSSR count). The van der Waals surface area contributed by atoms with E-state index in [-0.39, 0.29) is 17.3 Å². The van der Waals surface area contributed by atoms with Gasteiger partial charge in [0.15, 0.2) is 0 Å². The van der Waals surface area contributed by atoms with Crippen LogP contribution in [0.1, 0.15) is 50.5 Å². The van der Waals surface area contributed by atoms with Gasteiger partial charge in [-0.05, 0) is 30.4 Å². The van der Waals surface area contributed by atoms with Gasteiger partial charge < -0.3 is 5.32 Å². The summed E-state index contributed by atoms with van der Waals surface area (Å²) in [5.41, 5.74) is 1.27. The Hall–Kier alpha value is -1.91. The van der Waals surface area contributed by atoms with Gasteiger partial charge in [0.2, 0.25) is 5.91 Å². The van der Waals surface area contributed by atoms with E-state index in [1.807, 2.05) is 6.07 Å². The van der Waals surface area contributed by atoms with Gasteiger partial charge in [-0.3, -0.25) is 14.9 Å². The highest BCUT2D eigenvalue weighted by Gasteiger charge is 2.21. The summed E-state index contributed by atoms with van der Waals surface area (Å²) < 4.78 is 0. The van der Waals surface area contributed by atoms with E-state index in [9.17, 15) is 14.9 Å². The Morgan fingerprint density at radius 1 is 1.32 bits per heavy atom. The summed E-state index contributed by atoms with van der Waals surface area (Å²) in [6.07, 6.45) is 5.81. The van der Waals surface area contributed by atoms with Crippen LogP contribution in [0.2, 0.25) is 0 Å². The van der Waals surface area contributed by atoms with Crippen LogP contribution >= 0.6 is 0 Å². The fourth-order valence-electron chi connectivity index (χ4n) is 2.68. The van der Waals surface area contributed by atoms with E-state index in [1.165, 1.54) is 26.2 Å². The molecule has 1 aromatic carbocycles. The molecule has 0 saturated heterocycles. The number of nitro groups is 1. The zero-order valence-electron chi connectivity index (χ0n) is 11.0. The van der Waals surface area contributed by atoms with E-state index in [0.717, 1.165) is 18.4 Å². The largest absolute Gasteiger partial charge is 0.321 e. The normalized spacial score (nSPS) is 16.1. The average Bonchev–Trinajstić information content (AvgIpc) is 2.39. The number of nitrogens with zero attached hydrogens (tertiary/aromatic N) is 1. The number of nitro benzene ring substituents is 1. The second-order valence-electron chi connectivity index (χ2n) is 5.05. The Bertz CT molecular complexity index is 493. The van der Waals surface area contributed by atoms with Gasteiger partial charge in [-0.15, -0.1) is 0 Å². The summed E-state index contributed by atoms with van der Waals surface area (Å²) in [5.74, 6) is 0.118. The van der Waals surface area contributed by atoms with Crippen molar-refractivity contribution < 1.29 is 9.72 Å². The number of rotatable bonds is 3. The summed E-state index contributed by atoms with van der Waals surface area (Å²) in [4.78, 5) is 21.7. The van der Waals surface area contributed by atoms with E-state index in [0.29, 0.717) is 5.92 Å². The van der Waals surface area contributed by atoms with Crippen molar-refractivity contribution in [1.29, 1.82) is 0 Å². The molecule has 5 nitrogen and oxygen atoms in total. The molecule has 1 saturated carbocycles. The Labute approximate surface area is 112 Å². The molecular formula is C14H18N2O3. The minimum atomic E-state index is -0.433. The molecule has 102 valence electrons. The standard InChI is InChI=1S/C14H18N2O3/c1-10(17)15-13-8-7-12(9-14(13)16(18)19)11-5-3-2-4-6-11/h7-9,11H,2-6H2,1H3,(H,15,17).